The Morgan fingerprint density at radius 2 is 2.00 bits per heavy atom. The van der Waals surface area contributed by atoms with Crippen LogP contribution in [0.1, 0.15) is 49.0 Å². The maximum Gasteiger partial charge on any atom is 0.387 e. The molecule has 200 valence electrons. The highest BCUT2D eigenvalue weighted by Gasteiger charge is 2.60. The molecule has 2 aliphatic heterocycles. The molecule has 0 radical (unpaired) electrons. The van der Waals surface area contributed by atoms with Gasteiger partial charge in [-0.05, 0) is 81.2 Å². The van der Waals surface area contributed by atoms with Gasteiger partial charge in [-0.25, -0.2) is 4.79 Å². The number of nitrogens with one attached hydrogen (secondary N) is 1. The first-order valence-corrected chi connectivity index (χ1v) is 12.9. The Morgan fingerprint density at radius 1 is 1.21 bits per heavy atom. The van der Waals surface area contributed by atoms with Gasteiger partial charge in [0.15, 0.2) is 0 Å². The molecule has 2 aromatic carbocycles. The van der Waals surface area contributed by atoms with Crippen molar-refractivity contribution in [3.05, 3.63) is 59.3 Å². The van der Waals surface area contributed by atoms with Crippen LogP contribution in [0.5, 0.6) is 11.5 Å². The third kappa shape index (κ3) is 3.98. The molecule has 3 heterocycles. The number of phenolic OH excluding ortho intramolecular Hbond substituents is 1. The van der Waals surface area contributed by atoms with E-state index < -0.39 is 18.2 Å². The van der Waals surface area contributed by atoms with E-state index in [1.54, 1.807) is 42.2 Å². The first kappa shape index (κ1) is 24.7. The Hall–Kier alpha value is -3.66. The zero-order chi connectivity index (χ0) is 26.8. The van der Waals surface area contributed by atoms with Gasteiger partial charge in [0.2, 0.25) is 0 Å². The summed E-state index contributed by atoms with van der Waals surface area (Å²) in [6, 6.07) is 10.8. The molecule has 3 amide bonds. The molecule has 3 aliphatic rings. The minimum absolute atomic E-state index is 0.0195. The number of phenols is 1. The monoisotopic (exact) mass is 524 g/mol. The molecular weight excluding hydrogens is 494 g/mol. The number of alkyl halides is 2. The number of benzene rings is 2. The molecule has 1 aromatic heterocycles. The molecule has 2 atom stereocenters. The summed E-state index contributed by atoms with van der Waals surface area (Å²) in [4.78, 5) is 36.4. The molecule has 0 bridgehead atoms. The summed E-state index contributed by atoms with van der Waals surface area (Å²) >= 11 is 0. The highest BCUT2D eigenvalue weighted by Crippen LogP contribution is 2.49. The van der Waals surface area contributed by atoms with E-state index in [0.29, 0.717) is 41.2 Å². The van der Waals surface area contributed by atoms with E-state index in [4.69, 9.17) is 0 Å². The van der Waals surface area contributed by atoms with E-state index >= 15 is 0 Å². The molecule has 0 spiro atoms. The zero-order valence-electron chi connectivity index (χ0n) is 21.3. The number of urea groups is 1. The van der Waals surface area contributed by atoms with Crippen molar-refractivity contribution in [1.82, 2.24) is 19.7 Å². The molecule has 8 nitrogen and oxygen atoms in total. The van der Waals surface area contributed by atoms with Crippen molar-refractivity contribution < 1.29 is 28.2 Å². The minimum Gasteiger partial charge on any atom is -0.508 e. The lowest BCUT2D eigenvalue weighted by atomic mass is 9.81. The second kappa shape index (κ2) is 8.97. The van der Waals surface area contributed by atoms with Crippen LogP contribution in [0.15, 0.2) is 42.5 Å². The Bertz CT molecular complexity index is 1420. The van der Waals surface area contributed by atoms with Crippen molar-refractivity contribution in [2.45, 2.75) is 56.8 Å². The molecule has 1 aliphatic carbocycles. The average Bonchev–Trinajstić information content (AvgIpc) is 3.64. The summed E-state index contributed by atoms with van der Waals surface area (Å²) in [6.45, 7) is -0.0860. The summed E-state index contributed by atoms with van der Waals surface area (Å²) in [6.07, 6.45) is 3.27. The molecule has 2 fully saturated rings. The fourth-order valence-electron chi connectivity index (χ4n) is 6.08. The van der Waals surface area contributed by atoms with Crippen molar-refractivity contribution in [3.8, 4) is 11.5 Å². The van der Waals surface area contributed by atoms with E-state index in [-0.39, 0.29) is 29.9 Å². The molecule has 38 heavy (non-hydrogen) atoms. The molecule has 3 aromatic rings. The normalized spacial score (nSPS) is 23.1. The van der Waals surface area contributed by atoms with Crippen molar-refractivity contribution in [2.75, 3.05) is 20.1 Å². The number of aromatic nitrogens is 1. The maximum atomic E-state index is 13.9. The number of rotatable bonds is 8. The number of carbonyl (C=O) groups excluding carboxylic acids is 2. The van der Waals surface area contributed by atoms with Gasteiger partial charge >= 0.3 is 12.6 Å². The van der Waals surface area contributed by atoms with Crippen LogP contribution in [0.2, 0.25) is 0 Å². The summed E-state index contributed by atoms with van der Waals surface area (Å²) in [5, 5.41) is 10.9. The molecule has 6 rings (SSSR count). The number of aromatic hydroxyl groups is 1. The molecule has 10 heteroatoms. The van der Waals surface area contributed by atoms with Gasteiger partial charge in [0.25, 0.3) is 5.91 Å². The quantitative estimate of drug-likeness (QED) is 0.420. The standard InChI is InChI=1S/C28H30F2N4O4/c1-28-15-21-20-14-19(38-26(29)30)9-10-22(20)31-23(21)24(16-5-3-6-18(35)13-16)34(28)27(37)33(25(28)36)12-4-11-32(2)17-7-8-17/h3,5-6,9-10,13-14,17,24,26,31,35H,4,7-8,11-12,15H2,1-2H3/t24-,28+/m1/s1. The van der Waals surface area contributed by atoms with Gasteiger partial charge in [0.1, 0.15) is 23.1 Å². The summed E-state index contributed by atoms with van der Waals surface area (Å²) in [5.74, 6) is -0.217. The number of H-pyrrole nitrogens is 1. The maximum absolute atomic E-state index is 13.9. The second-order valence-electron chi connectivity index (χ2n) is 10.7. The lowest BCUT2D eigenvalue weighted by Gasteiger charge is -2.42. The minimum atomic E-state index is -2.96. The first-order valence-electron chi connectivity index (χ1n) is 12.9. The van der Waals surface area contributed by atoms with Gasteiger partial charge < -0.3 is 19.7 Å². The number of fused-ring (bicyclic) bond motifs is 4. The fourth-order valence-corrected chi connectivity index (χ4v) is 6.08. The predicted octanol–water partition coefficient (Wildman–Crippen LogP) is 4.63. The fraction of sp³-hybridized carbons (Fsp3) is 0.429. The van der Waals surface area contributed by atoms with Gasteiger partial charge in [-0.3, -0.25) is 14.6 Å². The van der Waals surface area contributed by atoms with Crippen molar-refractivity contribution in [3.63, 3.8) is 0 Å². The van der Waals surface area contributed by atoms with E-state index in [2.05, 4.69) is 21.7 Å². The van der Waals surface area contributed by atoms with E-state index in [9.17, 15) is 23.5 Å². The second-order valence-corrected chi connectivity index (χ2v) is 10.7. The highest BCUT2D eigenvalue weighted by atomic mass is 19.3. The third-order valence-electron chi connectivity index (χ3n) is 8.11. The number of hydrogen-bond donors (Lipinski definition) is 2. The average molecular weight is 525 g/mol. The molecular formula is C28H30F2N4O4. The van der Waals surface area contributed by atoms with Crippen LogP contribution in [0.25, 0.3) is 10.9 Å². The number of ether oxygens (including phenoxy) is 1. The number of amides is 3. The number of halogens is 2. The van der Waals surface area contributed by atoms with Crippen LogP contribution in [-0.2, 0) is 11.2 Å². The van der Waals surface area contributed by atoms with Crippen molar-refractivity contribution >= 4 is 22.8 Å². The lowest BCUT2D eigenvalue weighted by Crippen LogP contribution is -2.53. The molecule has 0 unspecified atom stereocenters. The molecule has 1 saturated heterocycles. The number of aromatic amines is 1. The van der Waals surface area contributed by atoms with Crippen LogP contribution in [0.4, 0.5) is 13.6 Å². The van der Waals surface area contributed by atoms with Gasteiger partial charge in [0, 0.05) is 35.6 Å². The van der Waals surface area contributed by atoms with Gasteiger partial charge in [0.05, 0.1) is 0 Å². The molecule has 2 N–H and O–H groups in total. The topological polar surface area (TPSA) is 89.1 Å². The number of hydrogen-bond acceptors (Lipinski definition) is 5. The zero-order valence-corrected chi connectivity index (χ0v) is 21.3. The summed E-state index contributed by atoms with van der Waals surface area (Å²) in [7, 11) is 2.07. The van der Waals surface area contributed by atoms with Crippen LogP contribution >= 0.6 is 0 Å². The Kier molecular flexibility index (Phi) is 5.82. The van der Waals surface area contributed by atoms with Gasteiger partial charge in [-0.1, -0.05) is 12.1 Å². The van der Waals surface area contributed by atoms with Gasteiger partial charge in [-0.15, -0.1) is 0 Å². The van der Waals surface area contributed by atoms with E-state index in [1.807, 2.05) is 6.07 Å². The molecule has 1 saturated carbocycles. The Balaban J connectivity index is 1.42. The van der Waals surface area contributed by atoms with Crippen LogP contribution in [-0.4, -0.2) is 75.1 Å². The number of imide groups is 1. The van der Waals surface area contributed by atoms with E-state index in [1.165, 1.54) is 23.8 Å². The van der Waals surface area contributed by atoms with Crippen LogP contribution in [0.3, 0.4) is 0 Å². The Morgan fingerprint density at radius 3 is 2.71 bits per heavy atom. The van der Waals surface area contributed by atoms with Crippen LogP contribution < -0.4 is 4.74 Å². The van der Waals surface area contributed by atoms with E-state index in [0.717, 1.165) is 12.1 Å². The predicted molar refractivity (Wildman–Crippen MR) is 136 cm³/mol. The largest absolute Gasteiger partial charge is 0.508 e. The number of nitrogens with zero attached hydrogens (tertiary/aromatic N) is 3. The summed E-state index contributed by atoms with van der Waals surface area (Å²) in [5.41, 5.74) is 1.60. The van der Waals surface area contributed by atoms with Crippen LogP contribution in [0, 0.1) is 0 Å². The highest BCUT2D eigenvalue weighted by molar-refractivity contribution is 6.08. The van der Waals surface area contributed by atoms with Crippen molar-refractivity contribution in [2.24, 2.45) is 0 Å². The summed E-state index contributed by atoms with van der Waals surface area (Å²) < 4.78 is 30.5. The smallest absolute Gasteiger partial charge is 0.387 e. The van der Waals surface area contributed by atoms with Crippen molar-refractivity contribution in [1.29, 1.82) is 0 Å². The van der Waals surface area contributed by atoms with Gasteiger partial charge in [-0.2, -0.15) is 8.78 Å². The Labute approximate surface area is 218 Å². The number of carbonyl (C=O) groups is 2. The lowest BCUT2D eigenvalue weighted by molar-refractivity contribution is -0.133. The first-order chi connectivity index (χ1) is 18.2. The SMILES string of the molecule is CN(CCCN1C(=O)N2[C@H](c3cccc(O)c3)c3[nH]c4ccc(OC(F)F)cc4c3C[C@@]2(C)C1=O)C1CC1. The third-order valence-corrected chi connectivity index (χ3v) is 8.11.